The number of hydrogen-bond donors (Lipinski definition) is 2. The van der Waals surface area contributed by atoms with Crippen LogP contribution in [0.3, 0.4) is 0 Å². The number of halogens is 1. The topological polar surface area (TPSA) is 24.1 Å². The third kappa shape index (κ3) is 2.98. The average Bonchev–Trinajstić information content (AvgIpc) is 2.80. The number of hydrogen-bond acceptors (Lipinski definition) is 2. The SMILES string of the molecule is Fc1ccccc1CNc1ccc2c(c1)CCc1ccccc1N2. The van der Waals surface area contributed by atoms with Gasteiger partial charge in [-0.25, -0.2) is 4.39 Å². The summed E-state index contributed by atoms with van der Waals surface area (Å²) in [4.78, 5) is 0. The molecule has 0 amide bonds. The average molecular weight is 318 g/mol. The molecule has 0 atom stereocenters. The van der Waals surface area contributed by atoms with E-state index in [-0.39, 0.29) is 5.82 Å². The summed E-state index contributed by atoms with van der Waals surface area (Å²) >= 11 is 0. The fourth-order valence-electron chi connectivity index (χ4n) is 3.15. The molecular formula is C21H19FN2. The number of para-hydroxylation sites is 1. The second kappa shape index (κ2) is 6.36. The monoisotopic (exact) mass is 318 g/mol. The molecule has 0 bridgehead atoms. The largest absolute Gasteiger partial charge is 0.381 e. The first-order chi connectivity index (χ1) is 11.8. The summed E-state index contributed by atoms with van der Waals surface area (Å²) in [6.07, 6.45) is 2.02. The molecular weight excluding hydrogens is 299 g/mol. The summed E-state index contributed by atoms with van der Waals surface area (Å²) in [5.74, 6) is -0.170. The molecule has 4 rings (SSSR count). The molecule has 0 radical (unpaired) electrons. The van der Waals surface area contributed by atoms with Gasteiger partial charge in [0.2, 0.25) is 0 Å². The number of anilines is 3. The van der Waals surface area contributed by atoms with Crippen molar-refractivity contribution in [2.24, 2.45) is 0 Å². The first-order valence-electron chi connectivity index (χ1n) is 8.25. The van der Waals surface area contributed by atoms with Crippen molar-refractivity contribution in [2.45, 2.75) is 19.4 Å². The minimum Gasteiger partial charge on any atom is -0.381 e. The maximum absolute atomic E-state index is 13.7. The molecule has 120 valence electrons. The van der Waals surface area contributed by atoms with Gasteiger partial charge in [-0.1, -0.05) is 36.4 Å². The van der Waals surface area contributed by atoms with Crippen LogP contribution in [-0.2, 0) is 19.4 Å². The summed E-state index contributed by atoms with van der Waals surface area (Å²) < 4.78 is 13.7. The number of aryl methyl sites for hydroxylation is 2. The normalized spacial score (nSPS) is 12.5. The third-order valence-electron chi connectivity index (χ3n) is 4.50. The van der Waals surface area contributed by atoms with Crippen molar-refractivity contribution in [2.75, 3.05) is 10.6 Å². The molecule has 0 fully saturated rings. The molecule has 0 aliphatic carbocycles. The van der Waals surface area contributed by atoms with Crippen molar-refractivity contribution < 1.29 is 4.39 Å². The molecule has 24 heavy (non-hydrogen) atoms. The molecule has 3 aromatic carbocycles. The van der Waals surface area contributed by atoms with E-state index in [1.165, 1.54) is 22.9 Å². The molecule has 0 aromatic heterocycles. The van der Waals surface area contributed by atoms with E-state index in [1.807, 2.05) is 18.2 Å². The lowest BCUT2D eigenvalue weighted by Crippen LogP contribution is -2.02. The van der Waals surface area contributed by atoms with Crippen molar-refractivity contribution in [1.82, 2.24) is 0 Å². The van der Waals surface area contributed by atoms with E-state index in [0.717, 1.165) is 24.2 Å². The van der Waals surface area contributed by atoms with Gasteiger partial charge in [-0.15, -0.1) is 0 Å². The number of benzene rings is 3. The fourth-order valence-corrected chi connectivity index (χ4v) is 3.15. The summed E-state index contributed by atoms with van der Waals surface area (Å²) in [5, 5.41) is 6.85. The first kappa shape index (κ1) is 14.8. The maximum atomic E-state index is 13.7. The highest BCUT2D eigenvalue weighted by Gasteiger charge is 2.12. The van der Waals surface area contributed by atoms with E-state index in [4.69, 9.17) is 0 Å². The Morgan fingerprint density at radius 1 is 0.833 bits per heavy atom. The van der Waals surface area contributed by atoms with Crippen LogP contribution in [0.2, 0.25) is 0 Å². The molecule has 1 aliphatic heterocycles. The van der Waals surface area contributed by atoms with Gasteiger partial charge in [0.1, 0.15) is 5.82 Å². The number of rotatable bonds is 3. The Morgan fingerprint density at radius 3 is 2.50 bits per heavy atom. The highest BCUT2D eigenvalue weighted by atomic mass is 19.1. The summed E-state index contributed by atoms with van der Waals surface area (Å²) in [7, 11) is 0. The quantitative estimate of drug-likeness (QED) is 0.686. The Morgan fingerprint density at radius 2 is 1.58 bits per heavy atom. The van der Waals surface area contributed by atoms with Crippen LogP contribution in [0.4, 0.5) is 21.5 Å². The zero-order valence-corrected chi connectivity index (χ0v) is 13.4. The predicted octanol–water partition coefficient (Wildman–Crippen LogP) is 5.28. The van der Waals surface area contributed by atoms with Gasteiger partial charge in [0.15, 0.2) is 0 Å². The minimum absolute atomic E-state index is 0.170. The Kier molecular flexibility index (Phi) is 3.91. The fraction of sp³-hybridized carbons (Fsp3) is 0.143. The lowest BCUT2D eigenvalue weighted by molar-refractivity contribution is 0.613. The van der Waals surface area contributed by atoms with Crippen LogP contribution in [0.1, 0.15) is 16.7 Å². The van der Waals surface area contributed by atoms with E-state index in [9.17, 15) is 4.39 Å². The van der Waals surface area contributed by atoms with Gasteiger partial charge >= 0.3 is 0 Å². The van der Waals surface area contributed by atoms with E-state index >= 15 is 0 Å². The molecule has 2 nitrogen and oxygen atoms in total. The van der Waals surface area contributed by atoms with Crippen LogP contribution in [0.25, 0.3) is 0 Å². The van der Waals surface area contributed by atoms with E-state index in [2.05, 4.69) is 47.0 Å². The van der Waals surface area contributed by atoms with E-state index in [1.54, 1.807) is 6.07 Å². The second-order valence-corrected chi connectivity index (χ2v) is 6.10. The second-order valence-electron chi connectivity index (χ2n) is 6.10. The molecule has 3 heteroatoms. The Bertz CT molecular complexity index is 873. The standard InChI is InChI=1S/C21H19FN2/c22-19-7-3-1-6-17(19)14-23-18-11-12-21-16(13-18)10-9-15-5-2-4-8-20(15)24-21/h1-8,11-13,23-24H,9-10,14H2. The van der Waals surface area contributed by atoms with Crippen LogP contribution in [-0.4, -0.2) is 0 Å². The molecule has 0 saturated carbocycles. The Hall–Kier alpha value is -2.81. The minimum atomic E-state index is -0.170. The van der Waals surface area contributed by atoms with Crippen LogP contribution < -0.4 is 10.6 Å². The van der Waals surface area contributed by atoms with Crippen LogP contribution in [0.15, 0.2) is 66.7 Å². The van der Waals surface area contributed by atoms with Crippen LogP contribution in [0.5, 0.6) is 0 Å². The van der Waals surface area contributed by atoms with Crippen LogP contribution >= 0.6 is 0 Å². The molecule has 2 N–H and O–H groups in total. The van der Waals surface area contributed by atoms with Crippen LogP contribution in [0, 0.1) is 5.82 Å². The van der Waals surface area contributed by atoms with Gasteiger partial charge in [-0.3, -0.25) is 0 Å². The third-order valence-corrected chi connectivity index (χ3v) is 4.50. The summed E-state index contributed by atoms with van der Waals surface area (Å²) in [5.41, 5.74) is 6.65. The molecule has 1 aliphatic rings. The van der Waals surface area contributed by atoms with Crippen molar-refractivity contribution in [3.05, 3.63) is 89.2 Å². The highest BCUT2D eigenvalue weighted by molar-refractivity contribution is 5.70. The molecule has 1 heterocycles. The van der Waals surface area contributed by atoms with E-state index < -0.39 is 0 Å². The van der Waals surface area contributed by atoms with Gasteiger partial charge in [0.05, 0.1) is 0 Å². The highest BCUT2D eigenvalue weighted by Crippen LogP contribution is 2.31. The smallest absolute Gasteiger partial charge is 0.128 e. The van der Waals surface area contributed by atoms with Gasteiger partial charge in [-0.05, 0) is 54.3 Å². The van der Waals surface area contributed by atoms with Gasteiger partial charge < -0.3 is 10.6 Å². The van der Waals surface area contributed by atoms with Crippen molar-refractivity contribution in [3.8, 4) is 0 Å². The summed E-state index contributed by atoms with van der Waals surface area (Å²) in [6.45, 7) is 0.485. The number of fused-ring (bicyclic) bond motifs is 2. The Labute approximate surface area is 141 Å². The lowest BCUT2D eigenvalue weighted by atomic mass is 10.0. The molecule has 0 saturated heterocycles. The van der Waals surface area contributed by atoms with Crippen molar-refractivity contribution in [1.29, 1.82) is 0 Å². The van der Waals surface area contributed by atoms with Crippen molar-refractivity contribution >= 4 is 17.1 Å². The van der Waals surface area contributed by atoms with Crippen molar-refractivity contribution in [3.63, 3.8) is 0 Å². The number of nitrogens with one attached hydrogen (secondary N) is 2. The predicted molar refractivity (Wildman–Crippen MR) is 97.3 cm³/mol. The maximum Gasteiger partial charge on any atom is 0.128 e. The molecule has 3 aromatic rings. The van der Waals surface area contributed by atoms with Gasteiger partial charge in [0.25, 0.3) is 0 Å². The van der Waals surface area contributed by atoms with Gasteiger partial charge in [0, 0.05) is 29.2 Å². The molecule has 0 unspecified atom stereocenters. The molecule has 0 spiro atoms. The lowest BCUT2D eigenvalue weighted by Gasteiger charge is -2.13. The van der Waals surface area contributed by atoms with E-state index in [0.29, 0.717) is 12.1 Å². The zero-order chi connectivity index (χ0) is 16.4. The summed E-state index contributed by atoms with van der Waals surface area (Å²) in [6, 6.07) is 21.6. The van der Waals surface area contributed by atoms with Gasteiger partial charge in [-0.2, -0.15) is 0 Å². The Balaban J connectivity index is 1.53. The first-order valence-corrected chi connectivity index (χ1v) is 8.25. The zero-order valence-electron chi connectivity index (χ0n) is 13.4.